The van der Waals surface area contributed by atoms with Gasteiger partial charge in [-0.05, 0) is 43.0 Å². The van der Waals surface area contributed by atoms with Gasteiger partial charge in [0.1, 0.15) is 11.5 Å². The molecule has 1 aromatic heterocycles. The molecule has 0 bridgehead atoms. The Hall–Kier alpha value is -3.05. The van der Waals surface area contributed by atoms with E-state index in [1.54, 1.807) is 0 Å². The predicted octanol–water partition coefficient (Wildman–Crippen LogP) is 8.35. The van der Waals surface area contributed by atoms with E-state index in [0.717, 1.165) is 41.0 Å². The highest BCUT2D eigenvalue weighted by Gasteiger charge is 2.10. The van der Waals surface area contributed by atoms with Crippen molar-refractivity contribution < 1.29 is 9.53 Å². The first kappa shape index (κ1) is 30.5. The number of hydrogen-bond acceptors (Lipinski definition) is 5. The number of carbonyl (C=O) groups excluding carboxylic acids is 1. The lowest BCUT2D eigenvalue weighted by molar-refractivity contribution is -0.118. The summed E-state index contributed by atoms with van der Waals surface area (Å²) in [5.74, 6) is 1.57. The fraction of sp³-hybridized carbons (Fsp3) is 0.500. The summed E-state index contributed by atoms with van der Waals surface area (Å²) in [6.45, 7) is 4.57. The zero-order valence-electron chi connectivity index (χ0n) is 24.0. The van der Waals surface area contributed by atoms with Crippen LogP contribution >= 0.6 is 0 Å². The lowest BCUT2D eigenvalue weighted by Gasteiger charge is -2.09. The summed E-state index contributed by atoms with van der Waals surface area (Å²) in [5.41, 5.74) is 9.86. The van der Waals surface area contributed by atoms with Crippen LogP contribution in [0.1, 0.15) is 96.5 Å². The van der Waals surface area contributed by atoms with E-state index < -0.39 is 6.04 Å². The van der Waals surface area contributed by atoms with Crippen molar-refractivity contribution >= 4 is 5.78 Å². The molecule has 0 spiro atoms. The molecule has 1 heterocycles. The quantitative estimate of drug-likeness (QED) is 0.158. The number of aromatic nitrogens is 2. The third kappa shape index (κ3) is 11.3. The van der Waals surface area contributed by atoms with Gasteiger partial charge in [0.2, 0.25) is 0 Å². The van der Waals surface area contributed by atoms with Crippen LogP contribution in [0, 0.1) is 0 Å². The summed E-state index contributed by atoms with van der Waals surface area (Å²) >= 11 is 0. The normalized spacial score (nSPS) is 11.9. The van der Waals surface area contributed by atoms with Gasteiger partial charge in [0.25, 0.3) is 0 Å². The molecular weight excluding hydrogens is 482 g/mol. The zero-order chi connectivity index (χ0) is 27.7. The van der Waals surface area contributed by atoms with E-state index in [-0.39, 0.29) is 5.78 Å². The van der Waals surface area contributed by atoms with Gasteiger partial charge in [-0.1, -0.05) is 114 Å². The molecule has 0 amide bonds. The van der Waals surface area contributed by atoms with Crippen molar-refractivity contribution in [2.24, 2.45) is 5.73 Å². The van der Waals surface area contributed by atoms with E-state index in [4.69, 9.17) is 10.5 Å². The fourth-order valence-corrected chi connectivity index (χ4v) is 4.69. The van der Waals surface area contributed by atoms with Crippen molar-refractivity contribution in [1.82, 2.24) is 9.97 Å². The van der Waals surface area contributed by atoms with E-state index in [1.807, 2.05) is 48.8 Å². The van der Waals surface area contributed by atoms with Crippen molar-refractivity contribution in [3.05, 3.63) is 66.5 Å². The molecule has 3 aromatic rings. The van der Waals surface area contributed by atoms with Gasteiger partial charge in [0.05, 0.1) is 12.6 Å². The van der Waals surface area contributed by atoms with E-state index in [2.05, 4.69) is 29.0 Å². The van der Waals surface area contributed by atoms with Crippen LogP contribution in [-0.2, 0) is 11.2 Å². The van der Waals surface area contributed by atoms with Gasteiger partial charge in [0.15, 0.2) is 5.82 Å². The second-order valence-corrected chi connectivity index (χ2v) is 10.7. The molecule has 2 N–H and O–H groups in total. The number of ketones is 1. The Kier molecular flexibility index (Phi) is 13.7. The van der Waals surface area contributed by atoms with Crippen LogP contribution in [0.5, 0.6) is 5.75 Å². The van der Waals surface area contributed by atoms with Gasteiger partial charge in [-0.3, -0.25) is 4.79 Å². The highest BCUT2D eigenvalue weighted by Crippen LogP contribution is 2.23. The maximum absolute atomic E-state index is 11.4. The first-order chi connectivity index (χ1) is 19.1. The molecule has 210 valence electrons. The number of rotatable bonds is 19. The maximum Gasteiger partial charge on any atom is 0.159 e. The molecule has 0 radical (unpaired) electrons. The SMILES string of the molecule is CCCCCCCCCCCCCCOc1ccc(-c2cnc(-c3ccc(CC(N)C(C)=O)cc3)nc2)cc1. The molecule has 5 nitrogen and oxygen atoms in total. The number of nitrogens with zero attached hydrogens (tertiary/aromatic N) is 2. The van der Waals surface area contributed by atoms with E-state index in [9.17, 15) is 4.79 Å². The minimum absolute atomic E-state index is 0.00261. The Morgan fingerprint density at radius 2 is 1.23 bits per heavy atom. The lowest BCUT2D eigenvalue weighted by atomic mass is 10.0. The highest BCUT2D eigenvalue weighted by atomic mass is 16.5. The Morgan fingerprint density at radius 1 is 0.718 bits per heavy atom. The van der Waals surface area contributed by atoms with Crippen LogP contribution in [-0.4, -0.2) is 28.4 Å². The maximum atomic E-state index is 11.4. The predicted molar refractivity (Wildman–Crippen MR) is 162 cm³/mol. The van der Waals surface area contributed by atoms with Crippen LogP contribution in [0.3, 0.4) is 0 Å². The smallest absolute Gasteiger partial charge is 0.159 e. The lowest BCUT2D eigenvalue weighted by Crippen LogP contribution is -2.30. The monoisotopic (exact) mass is 529 g/mol. The minimum atomic E-state index is -0.461. The van der Waals surface area contributed by atoms with Gasteiger partial charge in [-0.15, -0.1) is 0 Å². The molecule has 1 unspecified atom stereocenters. The molecule has 0 saturated heterocycles. The van der Waals surface area contributed by atoms with Crippen LogP contribution in [0.15, 0.2) is 60.9 Å². The van der Waals surface area contributed by atoms with Gasteiger partial charge in [-0.2, -0.15) is 0 Å². The molecule has 5 heteroatoms. The van der Waals surface area contributed by atoms with E-state index in [1.165, 1.54) is 77.6 Å². The summed E-state index contributed by atoms with van der Waals surface area (Å²) < 4.78 is 5.95. The average molecular weight is 530 g/mol. The summed E-state index contributed by atoms with van der Waals surface area (Å²) in [6, 6.07) is 15.6. The van der Waals surface area contributed by atoms with Gasteiger partial charge >= 0.3 is 0 Å². The summed E-state index contributed by atoms with van der Waals surface area (Å²) in [6.07, 6.45) is 20.4. The van der Waals surface area contributed by atoms with E-state index >= 15 is 0 Å². The molecule has 39 heavy (non-hydrogen) atoms. The minimum Gasteiger partial charge on any atom is -0.494 e. The summed E-state index contributed by atoms with van der Waals surface area (Å²) in [5, 5.41) is 0. The Labute approximate surface area is 235 Å². The Balaban J connectivity index is 1.33. The molecule has 3 rings (SSSR count). The number of unbranched alkanes of at least 4 members (excludes halogenated alkanes) is 11. The second-order valence-electron chi connectivity index (χ2n) is 10.7. The topological polar surface area (TPSA) is 78.1 Å². The molecule has 0 aliphatic heterocycles. The first-order valence-corrected chi connectivity index (χ1v) is 15.0. The second kappa shape index (κ2) is 17.5. The third-order valence-corrected chi connectivity index (χ3v) is 7.30. The molecule has 0 fully saturated rings. The van der Waals surface area contributed by atoms with Crippen LogP contribution in [0.25, 0.3) is 22.5 Å². The molecule has 0 saturated carbocycles. The van der Waals surface area contributed by atoms with Gasteiger partial charge in [0, 0.05) is 23.5 Å². The fourth-order valence-electron chi connectivity index (χ4n) is 4.69. The van der Waals surface area contributed by atoms with Crippen LogP contribution in [0.4, 0.5) is 0 Å². The molecule has 0 aliphatic carbocycles. The number of hydrogen-bond donors (Lipinski definition) is 1. The van der Waals surface area contributed by atoms with E-state index in [0.29, 0.717) is 12.2 Å². The van der Waals surface area contributed by atoms with Crippen molar-refractivity contribution in [1.29, 1.82) is 0 Å². The molecule has 2 aromatic carbocycles. The molecule has 0 aliphatic rings. The summed E-state index contributed by atoms with van der Waals surface area (Å²) in [4.78, 5) is 20.5. The molecular formula is C34H47N3O2. The molecule has 1 atom stereocenters. The Bertz CT molecular complexity index is 1080. The van der Waals surface area contributed by atoms with Crippen molar-refractivity contribution in [2.75, 3.05) is 6.61 Å². The Morgan fingerprint density at radius 3 is 1.77 bits per heavy atom. The van der Waals surface area contributed by atoms with Crippen LogP contribution < -0.4 is 10.5 Å². The number of benzene rings is 2. The number of carbonyl (C=O) groups is 1. The zero-order valence-corrected chi connectivity index (χ0v) is 24.0. The largest absolute Gasteiger partial charge is 0.494 e. The van der Waals surface area contributed by atoms with Crippen LogP contribution in [0.2, 0.25) is 0 Å². The standard InChI is InChI=1S/C34H47N3O2/c1-3-4-5-6-7-8-9-10-11-12-13-14-23-39-32-21-19-29(20-22-32)31-25-36-34(37-26-31)30-17-15-28(16-18-30)24-33(35)27(2)38/h15-22,25-26,33H,3-14,23-24,35H2,1-2H3. The summed E-state index contributed by atoms with van der Waals surface area (Å²) in [7, 11) is 0. The van der Waals surface area contributed by atoms with Gasteiger partial charge in [-0.25, -0.2) is 9.97 Å². The van der Waals surface area contributed by atoms with Crippen molar-refractivity contribution in [3.8, 4) is 28.3 Å². The average Bonchev–Trinajstić information content (AvgIpc) is 2.96. The van der Waals surface area contributed by atoms with Gasteiger partial charge < -0.3 is 10.5 Å². The van der Waals surface area contributed by atoms with Crippen molar-refractivity contribution in [2.45, 2.75) is 103 Å². The number of ether oxygens (including phenoxy) is 1. The van der Waals surface area contributed by atoms with Crippen molar-refractivity contribution in [3.63, 3.8) is 0 Å². The number of Topliss-reactive ketones (excluding diaryl/α,β-unsaturated/α-hetero) is 1. The number of nitrogens with two attached hydrogens (primary N) is 1. The highest BCUT2D eigenvalue weighted by molar-refractivity contribution is 5.81. The third-order valence-electron chi connectivity index (χ3n) is 7.30. The first-order valence-electron chi connectivity index (χ1n) is 15.0.